The first-order valence-corrected chi connectivity index (χ1v) is 12.4. The molecule has 9 nitrogen and oxygen atoms in total. The first kappa shape index (κ1) is 26.7. The number of pyridine rings is 2. The van der Waals surface area contributed by atoms with Crippen LogP contribution in [-0.2, 0) is 16.0 Å². The van der Waals surface area contributed by atoms with Gasteiger partial charge in [-0.1, -0.05) is 19.9 Å². The van der Waals surface area contributed by atoms with Crippen LogP contribution < -0.4 is 10.6 Å². The molecule has 3 aromatic heterocycles. The fourth-order valence-corrected chi connectivity index (χ4v) is 4.18. The summed E-state index contributed by atoms with van der Waals surface area (Å²) in [5.41, 5.74) is 2.36. The highest BCUT2D eigenvalue weighted by Crippen LogP contribution is 2.31. The Morgan fingerprint density at radius 1 is 1.11 bits per heavy atom. The fraction of sp³-hybridized carbons (Fsp3) is 0.308. The Morgan fingerprint density at radius 2 is 1.89 bits per heavy atom. The van der Waals surface area contributed by atoms with Crippen LogP contribution in [0.25, 0.3) is 16.0 Å². The lowest BCUT2D eigenvalue weighted by atomic mass is 9.95. The summed E-state index contributed by atoms with van der Waals surface area (Å²) in [5.74, 6) is -0.715. The molecule has 0 saturated heterocycles. The van der Waals surface area contributed by atoms with Gasteiger partial charge in [0.15, 0.2) is 5.13 Å². The van der Waals surface area contributed by atoms with Gasteiger partial charge >= 0.3 is 0 Å². The van der Waals surface area contributed by atoms with Gasteiger partial charge in [-0.3, -0.25) is 19.6 Å². The van der Waals surface area contributed by atoms with Gasteiger partial charge in [-0.2, -0.15) is 0 Å². The average Bonchev–Trinajstić information content (AvgIpc) is 3.32. The van der Waals surface area contributed by atoms with Crippen LogP contribution in [0.15, 0.2) is 49.1 Å². The Balaban J connectivity index is 1.79. The topological polar surface area (TPSA) is 104 Å². The standard InChI is InChI=1S/C26H29N7O2S/c1-6-20-16-30-26(36-20)32-25(35)21(7-2)19-11-17(13-28-14-19)18-12-22(27-3)24(29-15-18)31-23(34)9-8-10-33(4)5/h8-9,11-16,21H,6-7,10H2,1-2,4-5H3,(H,29,31,34)(H,30,32,35)/b9-8+. The molecule has 1 unspecified atom stereocenters. The van der Waals surface area contributed by atoms with Crippen LogP contribution in [0.2, 0.25) is 0 Å². The van der Waals surface area contributed by atoms with Crippen molar-refractivity contribution in [3.8, 4) is 11.1 Å². The van der Waals surface area contributed by atoms with Crippen molar-refractivity contribution in [2.24, 2.45) is 0 Å². The fourth-order valence-electron chi connectivity index (χ4n) is 3.42. The molecule has 0 spiro atoms. The van der Waals surface area contributed by atoms with Crippen LogP contribution in [0.1, 0.15) is 36.6 Å². The Labute approximate surface area is 215 Å². The molecular formula is C26H29N7O2S. The van der Waals surface area contributed by atoms with E-state index in [2.05, 4.69) is 30.4 Å². The third-order valence-electron chi connectivity index (χ3n) is 5.32. The third-order valence-corrected chi connectivity index (χ3v) is 6.38. The second kappa shape index (κ2) is 12.7. The number of nitrogens with one attached hydrogen (secondary N) is 2. The summed E-state index contributed by atoms with van der Waals surface area (Å²) in [4.78, 5) is 44.6. The summed E-state index contributed by atoms with van der Waals surface area (Å²) in [6.07, 6.45) is 11.3. The van der Waals surface area contributed by atoms with E-state index in [1.54, 1.807) is 36.9 Å². The number of carbonyl (C=O) groups excluding carboxylic acids is 2. The van der Waals surface area contributed by atoms with Gasteiger partial charge in [-0.25, -0.2) is 9.83 Å². The molecule has 0 aliphatic rings. The van der Waals surface area contributed by atoms with E-state index in [1.807, 2.05) is 38.9 Å². The highest BCUT2D eigenvalue weighted by atomic mass is 32.1. The minimum Gasteiger partial charge on any atom is -0.316 e. The largest absolute Gasteiger partial charge is 0.316 e. The first-order valence-electron chi connectivity index (χ1n) is 11.5. The van der Waals surface area contributed by atoms with Crippen molar-refractivity contribution < 1.29 is 9.59 Å². The number of likely N-dealkylation sites (N-methyl/N-ethyl adjacent to an activating group) is 1. The molecule has 3 aromatic rings. The van der Waals surface area contributed by atoms with Crippen LogP contribution in [0.3, 0.4) is 0 Å². The van der Waals surface area contributed by atoms with Crippen molar-refractivity contribution in [3.63, 3.8) is 0 Å². The second-order valence-corrected chi connectivity index (χ2v) is 9.41. The normalized spacial score (nSPS) is 11.9. The predicted octanol–water partition coefficient (Wildman–Crippen LogP) is 4.90. The summed E-state index contributed by atoms with van der Waals surface area (Å²) in [7, 11) is 3.81. The van der Waals surface area contributed by atoms with E-state index in [1.165, 1.54) is 17.4 Å². The quantitative estimate of drug-likeness (QED) is 0.301. The van der Waals surface area contributed by atoms with E-state index in [9.17, 15) is 9.59 Å². The summed E-state index contributed by atoms with van der Waals surface area (Å²) >= 11 is 1.47. The lowest BCUT2D eigenvalue weighted by molar-refractivity contribution is -0.117. The number of hydrogen-bond donors (Lipinski definition) is 2. The summed E-state index contributed by atoms with van der Waals surface area (Å²) < 4.78 is 0. The summed E-state index contributed by atoms with van der Waals surface area (Å²) in [6.45, 7) is 12.1. The maximum Gasteiger partial charge on any atom is 0.248 e. The number of anilines is 2. The lowest BCUT2D eigenvalue weighted by Gasteiger charge is -2.15. The maximum atomic E-state index is 13.0. The molecule has 10 heteroatoms. The minimum atomic E-state index is -0.410. The highest BCUT2D eigenvalue weighted by molar-refractivity contribution is 7.15. The zero-order chi connectivity index (χ0) is 26.1. The summed E-state index contributed by atoms with van der Waals surface area (Å²) in [5, 5.41) is 6.15. The van der Waals surface area contributed by atoms with Gasteiger partial charge in [-0.15, -0.1) is 11.3 Å². The first-order chi connectivity index (χ1) is 17.3. The van der Waals surface area contributed by atoms with E-state index in [-0.39, 0.29) is 23.3 Å². The van der Waals surface area contributed by atoms with Crippen LogP contribution >= 0.6 is 11.3 Å². The molecule has 3 rings (SSSR count). The predicted molar refractivity (Wildman–Crippen MR) is 143 cm³/mol. The number of thiazole rings is 1. The molecule has 0 saturated carbocycles. The molecule has 0 radical (unpaired) electrons. The van der Waals surface area contributed by atoms with Crippen molar-refractivity contribution in [1.82, 2.24) is 19.9 Å². The number of aromatic nitrogens is 3. The second-order valence-electron chi connectivity index (χ2n) is 8.30. The van der Waals surface area contributed by atoms with E-state index < -0.39 is 5.92 Å². The van der Waals surface area contributed by atoms with Gasteiger partial charge in [0.2, 0.25) is 17.5 Å². The maximum absolute atomic E-state index is 13.0. The smallest absolute Gasteiger partial charge is 0.248 e. The molecule has 36 heavy (non-hydrogen) atoms. The Morgan fingerprint density at radius 3 is 2.56 bits per heavy atom. The van der Waals surface area contributed by atoms with Gasteiger partial charge in [0.1, 0.15) is 5.82 Å². The molecule has 0 fully saturated rings. The Kier molecular flexibility index (Phi) is 9.39. The van der Waals surface area contributed by atoms with Crippen molar-refractivity contribution in [2.75, 3.05) is 31.3 Å². The molecular weight excluding hydrogens is 474 g/mol. The van der Waals surface area contributed by atoms with Gasteiger partial charge in [0.25, 0.3) is 0 Å². The highest BCUT2D eigenvalue weighted by Gasteiger charge is 2.21. The molecule has 0 aliphatic carbocycles. The molecule has 2 N–H and O–H groups in total. The number of amides is 2. The summed E-state index contributed by atoms with van der Waals surface area (Å²) in [6, 6.07) is 3.54. The van der Waals surface area contributed by atoms with E-state index in [0.29, 0.717) is 23.7 Å². The van der Waals surface area contributed by atoms with Crippen LogP contribution in [0, 0.1) is 6.57 Å². The molecule has 2 amide bonds. The monoisotopic (exact) mass is 503 g/mol. The lowest BCUT2D eigenvalue weighted by Crippen LogP contribution is -2.20. The van der Waals surface area contributed by atoms with Crippen molar-refractivity contribution in [1.29, 1.82) is 0 Å². The number of nitrogens with zero attached hydrogens (tertiary/aromatic N) is 5. The molecule has 0 bridgehead atoms. The van der Waals surface area contributed by atoms with Crippen molar-refractivity contribution >= 4 is 39.8 Å². The van der Waals surface area contributed by atoms with Gasteiger partial charge < -0.3 is 15.5 Å². The van der Waals surface area contributed by atoms with Gasteiger partial charge in [0.05, 0.1) is 12.5 Å². The molecule has 0 aliphatic heterocycles. The molecule has 3 heterocycles. The number of carbonyl (C=O) groups is 2. The zero-order valence-corrected chi connectivity index (χ0v) is 21.6. The van der Waals surface area contributed by atoms with E-state index >= 15 is 0 Å². The van der Waals surface area contributed by atoms with Crippen LogP contribution in [0.5, 0.6) is 0 Å². The third kappa shape index (κ3) is 7.04. The van der Waals surface area contributed by atoms with Crippen molar-refractivity contribution in [3.05, 3.63) is 70.9 Å². The molecule has 1 atom stereocenters. The Hall–Kier alpha value is -3.94. The van der Waals surface area contributed by atoms with E-state index in [0.717, 1.165) is 22.4 Å². The van der Waals surface area contributed by atoms with Gasteiger partial charge in [0, 0.05) is 47.8 Å². The molecule has 186 valence electrons. The molecule has 0 aromatic carbocycles. The minimum absolute atomic E-state index is 0.145. The van der Waals surface area contributed by atoms with E-state index in [4.69, 9.17) is 6.57 Å². The van der Waals surface area contributed by atoms with Crippen molar-refractivity contribution in [2.45, 2.75) is 32.6 Å². The van der Waals surface area contributed by atoms with Crippen LogP contribution in [0.4, 0.5) is 16.6 Å². The number of aryl methyl sites for hydroxylation is 1. The van der Waals surface area contributed by atoms with Gasteiger partial charge in [-0.05, 0) is 50.2 Å². The number of rotatable bonds is 10. The van der Waals surface area contributed by atoms with Crippen LogP contribution in [-0.4, -0.2) is 52.3 Å². The zero-order valence-electron chi connectivity index (χ0n) is 20.8. The number of hydrogen-bond acceptors (Lipinski definition) is 7. The average molecular weight is 504 g/mol. The SMILES string of the molecule is [C-]#[N+]c1cc(-c2cncc(C(CC)C(=O)Nc3ncc(CC)s3)c2)cnc1NC(=O)/C=C/CN(C)C. The Bertz CT molecular complexity index is 1290.